The lowest BCUT2D eigenvalue weighted by molar-refractivity contribution is -0.190. The standard InChI is InChI=1S/C12H22O3/c1-3-4-5-6-7-12(8-10(2)13)9-15-11(12)14/h10,13H,3-9H2,1-2H3/t10-,12?/m0/s1. The summed E-state index contributed by atoms with van der Waals surface area (Å²) in [6.07, 6.45) is 5.67. The van der Waals surface area contributed by atoms with Gasteiger partial charge in [-0.15, -0.1) is 0 Å². The summed E-state index contributed by atoms with van der Waals surface area (Å²) in [5, 5.41) is 9.37. The van der Waals surface area contributed by atoms with E-state index in [9.17, 15) is 9.90 Å². The Morgan fingerprint density at radius 3 is 2.60 bits per heavy atom. The van der Waals surface area contributed by atoms with Crippen molar-refractivity contribution in [3.63, 3.8) is 0 Å². The Morgan fingerprint density at radius 1 is 1.47 bits per heavy atom. The summed E-state index contributed by atoms with van der Waals surface area (Å²) in [7, 11) is 0. The minimum absolute atomic E-state index is 0.111. The summed E-state index contributed by atoms with van der Waals surface area (Å²) in [6.45, 7) is 4.41. The number of aliphatic hydroxyl groups excluding tert-OH is 1. The second-order valence-electron chi connectivity index (χ2n) is 4.72. The van der Waals surface area contributed by atoms with Crippen LogP contribution in [0, 0.1) is 5.41 Å². The molecule has 0 spiro atoms. The number of hydrogen-bond acceptors (Lipinski definition) is 3. The maximum atomic E-state index is 11.4. The topological polar surface area (TPSA) is 46.5 Å². The molecule has 2 atom stereocenters. The first-order valence-corrected chi connectivity index (χ1v) is 5.96. The van der Waals surface area contributed by atoms with Gasteiger partial charge in [-0.05, 0) is 19.8 Å². The zero-order valence-electron chi connectivity index (χ0n) is 9.79. The molecule has 1 rings (SSSR count). The van der Waals surface area contributed by atoms with Crippen molar-refractivity contribution in [2.75, 3.05) is 6.61 Å². The van der Waals surface area contributed by atoms with Gasteiger partial charge in [-0.2, -0.15) is 0 Å². The molecule has 3 heteroatoms. The number of aliphatic hydroxyl groups is 1. The lowest BCUT2D eigenvalue weighted by Gasteiger charge is -2.40. The van der Waals surface area contributed by atoms with E-state index in [1.807, 2.05) is 0 Å². The molecule has 88 valence electrons. The van der Waals surface area contributed by atoms with E-state index in [0.29, 0.717) is 13.0 Å². The van der Waals surface area contributed by atoms with Crippen molar-refractivity contribution in [2.45, 2.75) is 58.5 Å². The van der Waals surface area contributed by atoms with E-state index in [1.165, 1.54) is 19.3 Å². The number of esters is 1. The van der Waals surface area contributed by atoms with Crippen LogP contribution in [-0.4, -0.2) is 23.8 Å². The van der Waals surface area contributed by atoms with Crippen molar-refractivity contribution in [1.29, 1.82) is 0 Å². The van der Waals surface area contributed by atoms with Crippen LogP contribution in [0.4, 0.5) is 0 Å². The zero-order valence-corrected chi connectivity index (χ0v) is 9.79. The van der Waals surface area contributed by atoms with E-state index in [-0.39, 0.29) is 11.4 Å². The molecule has 1 unspecified atom stereocenters. The number of hydrogen-bond donors (Lipinski definition) is 1. The van der Waals surface area contributed by atoms with Crippen LogP contribution in [0.2, 0.25) is 0 Å². The van der Waals surface area contributed by atoms with Gasteiger partial charge < -0.3 is 9.84 Å². The molecule has 1 saturated heterocycles. The summed E-state index contributed by atoms with van der Waals surface area (Å²) in [6, 6.07) is 0. The fraction of sp³-hybridized carbons (Fsp3) is 0.917. The van der Waals surface area contributed by atoms with E-state index in [2.05, 4.69) is 6.92 Å². The highest BCUT2D eigenvalue weighted by Gasteiger charge is 2.48. The molecule has 1 heterocycles. The van der Waals surface area contributed by atoms with E-state index < -0.39 is 6.10 Å². The number of unbranched alkanes of at least 4 members (excludes halogenated alkanes) is 3. The average molecular weight is 214 g/mol. The molecule has 0 radical (unpaired) electrons. The lowest BCUT2D eigenvalue weighted by Crippen LogP contribution is -2.49. The molecule has 1 aliphatic rings. The van der Waals surface area contributed by atoms with Crippen LogP contribution < -0.4 is 0 Å². The van der Waals surface area contributed by atoms with Crippen molar-refractivity contribution in [3.05, 3.63) is 0 Å². The van der Waals surface area contributed by atoms with Gasteiger partial charge in [-0.3, -0.25) is 4.79 Å². The van der Waals surface area contributed by atoms with Crippen LogP contribution in [0.5, 0.6) is 0 Å². The molecule has 0 aromatic heterocycles. The summed E-state index contributed by atoms with van der Waals surface area (Å²) in [5.41, 5.74) is -0.359. The fourth-order valence-electron chi connectivity index (χ4n) is 2.21. The summed E-state index contributed by atoms with van der Waals surface area (Å²) < 4.78 is 4.85. The van der Waals surface area contributed by atoms with Gasteiger partial charge in [0.1, 0.15) is 12.0 Å². The maximum Gasteiger partial charge on any atom is 0.315 e. The van der Waals surface area contributed by atoms with Crippen LogP contribution in [-0.2, 0) is 9.53 Å². The van der Waals surface area contributed by atoms with Gasteiger partial charge in [0, 0.05) is 0 Å². The minimum atomic E-state index is -0.413. The van der Waals surface area contributed by atoms with Crippen LogP contribution in [0.15, 0.2) is 0 Å². The molecule has 0 bridgehead atoms. The number of cyclic esters (lactones) is 1. The number of carbonyl (C=O) groups is 1. The SMILES string of the molecule is CCCCCCC1(C[C@H](C)O)COC1=O. The van der Waals surface area contributed by atoms with Crippen molar-refractivity contribution < 1.29 is 14.6 Å². The second-order valence-corrected chi connectivity index (χ2v) is 4.72. The Kier molecular flexibility index (Phi) is 4.58. The fourth-order valence-corrected chi connectivity index (χ4v) is 2.21. The Bertz CT molecular complexity index is 213. The van der Waals surface area contributed by atoms with Crippen LogP contribution in [0.25, 0.3) is 0 Å². The number of rotatable bonds is 7. The zero-order chi connectivity index (χ0) is 11.3. The van der Waals surface area contributed by atoms with Crippen molar-refractivity contribution in [2.24, 2.45) is 5.41 Å². The first-order valence-electron chi connectivity index (χ1n) is 5.96. The van der Waals surface area contributed by atoms with E-state index >= 15 is 0 Å². The highest BCUT2D eigenvalue weighted by Crippen LogP contribution is 2.39. The second kappa shape index (κ2) is 5.50. The van der Waals surface area contributed by atoms with Gasteiger partial charge in [0.2, 0.25) is 0 Å². The molecule has 0 aromatic rings. The molecule has 1 N–H and O–H groups in total. The molecule has 0 aliphatic carbocycles. The van der Waals surface area contributed by atoms with Gasteiger partial charge >= 0.3 is 5.97 Å². The van der Waals surface area contributed by atoms with Crippen LogP contribution in [0.1, 0.15) is 52.4 Å². The first kappa shape index (κ1) is 12.5. The van der Waals surface area contributed by atoms with Gasteiger partial charge in [-0.1, -0.05) is 32.6 Å². The molecule has 0 aromatic carbocycles. The third-order valence-corrected chi connectivity index (χ3v) is 3.11. The van der Waals surface area contributed by atoms with Gasteiger partial charge in [-0.25, -0.2) is 0 Å². The first-order chi connectivity index (χ1) is 7.10. The molecule has 15 heavy (non-hydrogen) atoms. The smallest absolute Gasteiger partial charge is 0.315 e. The quantitative estimate of drug-likeness (QED) is 0.522. The Balaban J connectivity index is 2.34. The molecule has 1 fully saturated rings. The van der Waals surface area contributed by atoms with E-state index in [1.54, 1.807) is 6.92 Å². The molecular formula is C12H22O3. The van der Waals surface area contributed by atoms with E-state index in [4.69, 9.17) is 4.74 Å². The summed E-state index contributed by atoms with van der Waals surface area (Å²) in [5.74, 6) is -0.111. The highest BCUT2D eigenvalue weighted by molar-refractivity contribution is 5.81. The predicted octanol–water partition coefficient (Wildman–Crippen LogP) is 2.27. The molecule has 0 amide bonds. The third kappa shape index (κ3) is 3.20. The predicted molar refractivity (Wildman–Crippen MR) is 58.4 cm³/mol. The van der Waals surface area contributed by atoms with E-state index in [0.717, 1.165) is 12.8 Å². The van der Waals surface area contributed by atoms with Crippen LogP contribution in [0.3, 0.4) is 0 Å². The van der Waals surface area contributed by atoms with Crippen molar-refractivity contribution in [1.82, 2.24) is 0 Å². The summed E-state index contributed by atoms with van der Waals surface area (Å²) in [4.78, 5) is 11.4. The summed E-state index contributed by atoms with van der Waals surface area (Å²) >= 11 is 0. The normalized spacial score (nSPS) is 27.0. The monoisotopic (exact) mass is 214 g/mol. The lowest BCUT2D eigenvalue weighted by atomic mass is 9.75. The van der Waals surface area contributed by atoms with Gasteiger partial charge in [0.15, 0.2) is 0 Å². The van der Waals surface area contributed by atoms with Crippen molar-refractivity contribution in [3.8, 4) is 0 Å². The third-order valence-electron chi connectivity index (χ3n) is 3.11. The maximum absolute atomic E-state index is 11.4. The Morgan fingerprint density at radius 2 is 2.20 bits per heavy atom. The Labute approximate surface area is 91.8 Å². The van der Waals surface area contributed by atoms with Gasteiger partial charge in [0.05, 0.1) is 6.10 Å². The molecule has 3 nitrogen and oxygen atoms in total. The molecular weight excluding hydrogens is 192 g/mol. The molecule has 1 aliphatic heterocycles. The average Bonchev–Trinajstić information content (AvgIpc) is 2.20. The number of ether oxygens (including phenoxy) is 1. The van der Waals surface area contributed by atoms with Crippen LogP contribution >= 0.6 is 0 Å². The Hall–Kier alpha value is -0.570. The minimum Gasteiger partial charge on any atom is -0.464 e. The number of carbonyl (C=O) groups excluding carboxylic acids is 1. The van der Waals surface area contributed by atoms with Gasteiger partial charge in [0.25, 0.3) is 0 Å². The largest absolute Gasteiger partial charge is 0.464 e. The molecule has 0 saturated carbocycles. The van der Waals surface area contributed by atoms with Crippen molar-refractivity contribution >= 4 is 5.97 Å². The highest BCUT2D eigenvalue weighted by atomic mass is 16.6.